The Morgan fingerprint density at radius 2 is 0.413 bits per heavy atom. The van der Waals surface area contributed by atoms with Crippen LogP contribution in [0, 0.1) is 0 Å². The Bertz CT molecular complexity index is 8490. The van der Waals surface area contributed by atoms with Crippen LogP contribution in [0.5, 0.6) is 0 Å². The SMILES string of the molecule is c1ccc(-c2c3ccccc3c(-c3ccc(-n4c5ccc(-c6cc(-c7cc8ccccc8c8ccccc78)cc7c6oc6ccc(-c8cc9ccccc9c9ccccc89)cc67)cc5c5cc(-c6cc(-c7cc8ccccc8c8ccccc78)cc7c6oc6ccc(-c8cc9ccccc9c9ccccc89)cc67)ccc54)cc3)c3ccccc23)cc1. The van der Waals surface area contributed by atoms with Gasteiger partial charge in [-0.1, -0.05) is 309 Å². The molecule has 0 spiro atoms. The second-order valence-electron chi connectivity index (χ2n) is 32.7. The van der Waals surface area contributed by atoms with Gasteiger partial charge in [-0.05, 0) is 295 Å². The van der Waals surface area contributed by atoms with Crippen LogP contribution >= 0.6 is 0 Å². The van der Waals surface area contributed by atoms with Gasteiger partial charge in [-0.15, -0.1) is 0 Å². The third-order valence-electron chi connectivity index (χ3n) is 26.3. The summed E-state index contributed by atoms with van der Waals surface area (Å²) in [7, 11) is 0. The average molecular weight is 1530 g/mol. The second-order valence-corrected chi connectivity index (χ2v) is 32.7. The van der Waals surface area contributed by atoms with E-state index in [1.165, 1.54) is 136 Å². The van der Waals surface area contributed by atoms with Crippen LogP contribution in [0.25, 0.3) is 268 Å². The first-order valence-electron chi connectivity index (χ1n) is 41.8. The summed E-state index contributed by atoms with van der Waals surface area (Å²) in [6.45, 7) is 0. The fourth-order valence-electron chi connectivity index (χ4n) is 20.8. The highest BCUT2D eigenvalue weighted by atomic mass is 16.3. The largest absolute Gasteiger partial charge is 0.455 e. The first-order chi connectivity index (χ1) is 60.0. The molecule has 0 unspecified atom stereocenters. The molecule has 3 aromatic heterocycles. The van der Waals surface area contributed by atoms with E-state index in [1.807, 2.05) is 0 Å². The number of fused-ring (bicyclic) bond motifs is 23. The molecule has 0 N–H and O–H groups in total. The summed E-state index contributed by atoms with van der Waals surface area (Å²) in [6.07, 6.45) is 0. The van der Waals surface area contributed by atoms with Crippen LogP contribution in [-0.4, -0.2) is 4.57 Å². The maximum atomic E-state index is 7.43. The van der Waals surface area contributed by atoms with Gasteiger partial charge >= 0.3 is 0 Å². The predicted molar refractivity (Wildman–Crippen MR) is 514 cm³/mol. The minimum absolute atomic E-state index is 0.832. The summed E-state index contributed by atoms with van der Waals surface area (Å²) in [5, 5.41) is 30.8. The molecular formula is C118H69NO2. The quantitative estimate of drug-likeness (QED) is 0.107. The third kappa shape index (κ3) is 10.3. The van der Waals surface area contributed by atoms with Crippen molar-refractivity contribution < 1.29 is 8.83 Å². The van der Waals surface area contributed by atoms with Crippen LogP contribution in [0.15, 0.2) is 427 Å². The van der Waals surface area contributed by atoms with Crippen molar-refractivity contribution in [2.75, 3.05) is 0 Å². The summed E-state index contributed by atoms with van der Waals surface area (Å²) < 4.78 is 17.3. The molecule has 0 saturated carbocycles. The van der Waals surface area contributed by atoms with E-state index in [4.69, 9.17) is 8.83 Å². The lowest BCUT2D eigenvalue weighted by Gasteiger charge is -2.18. The molecule has 0 bridgehead atoms. The normalized spacial score (nSPS) is 12.1. The molecular weight excluding hydrogens is 1460 g/mol. The summed E-state index contributed by atoms with van der Waals surface area (Å²) in [5.74, 6) is 0. The highest BCUT2D eigenvalue weighted by Crippen LogP contribution is 2.51. The van der Waals surface area contributed by atoms with E-state index in [2.05, 4.69) is 423 Å². The molecule has 3 heterocycles. The number of benzene rings is 23. The fraction of sp³-hybridized carbons (Fsp3) is 0. The molecule has 0 aliphatic carbocycles. The van der Waals surface area contributed by atoms with Crippen molar-refractivity contribution in [1.82, 2.24) is 4.57 Å². The zero-order chi connectivity index (χ0) is 79.1. The Balaban J connectivity index is 0.726. The van der Waals surface area contributed by atoms with Crippen molar-refractivity contribution in [3.05, 3.63) is 419 Å². The van der Waals surface area contributed by atoms with E-state index in [0.29, 0.717) is 0 Å². The van der Waals surface area contributed by atoms with Gasteiger partial charge in [0.25, 0.3) is 0 Å². The summed E-state index contributed by atoms with van der Waals surface area (Å²) in [4.78, 5) is 0. The lowest BCUT2D eigenvalue weighted by molar-refractivity contribution is 0.669. The van der Waals surface area contributed by atoms with Gasteiger partial charge < -0.3 is 13.4 Å². The van der Waals surface area contributed by atoms with Crippen molar-refractivity contribution in [2.45, 2.75) is 0 Å². The smallest absolute Gasteiger partial charge is 0.143 e. The summed E-state index contributed by atoms with van der Waals surface area (Å²) in [5.41, 5.74) is 24.7. The third-order valence-corrected chi connectivity index (χ3v) is 26.3. The molecule has 0 aliphatic rings. The minimum atomic E-state index is 0.832. The summed E-state index contributed by atoms with van der Waals surface area (Å²) in [6, 6.07) is 156. The zero-order valence-corrected chi connectivity index (χ0v) is 65.6. The molecule has 26 rings (SSSR count). The Kier molecular flexibility index (Phi) is 14.6. The van der Waals surface area contributed by atoms with E-state index in [0.717, 1.165) is 133 Å². The molecule has 121 heavy (non-hydrogen) atoms. The van der Waals surface area contributed by atoms with Crippen molar-refractivity contribution in [3.63, 3.8) is 0 Å². The molecule has 3 heteroatoms. The Hall–Kier alpha value is -15.9. The minimum Gasteiger partial charge on any atom is -0.455 e. The first-order valence-corrected chi connectivity index (χ1v) is 41.8. The van der Waals surface area contributed by atoms with E-state index in [1.54, 1.807) is 0 Å². The Labute approximate surface area is 695 Å². The maximum absolute atomic E-state index is 7.43. The molecule has 558 valence electrons. The topological polar surface area (TPSA) is 31.2 Å². The molecule has 3 nitrogen and oxygen atoms in total. The standard InChI is InChI=1S/C118H69NO2/c1-2-24-70(25-3-1)115-95-42-20-22-44-97(95)116(98-45-23-21-43-96(98)115)71-46-52-82(53-47-71)119-111-54-48-78(103-66-80(101-60-74-28-6-10-32-85(74)89-36-14-18-40-93(89)101)68-109-107-64-76(50-56-113(107)120-117(103)109)99-58-72-26-4-8-30-83(72)87-34-12-16-38-91(87)99)62-105(111)106-63-79(49-55-112(106)119)104-67-81(102-61-75-29-7-11-33-86(75)90-37-15-19-41-94(90)102)69-110-108-65-77(51-57-114(108)121-118(104)110)100-59-73-27-5-9-31-84(73)88-35-13-17-39-92(88)100/h1-69H. The molecule has 0 amide bonds. The Morgan fingerprint density at radius 1 is 0.149 bits per heavy atom. The highest BCUT2D eigenvalue weighted by Gasteiger charge is 2.26. The van der Waals surface area contributed by atoms with Crippen LogP contribution in [0.2, 0.25) is 0 Å². The van der Waals surface area contributed by atoms with Crippen LogP contribution in [0.3, 0.4) is 0 Å². The van der Waals surface area contributed by atoms with E-state index in [-0.39, 0.29) is 0 Å². The first kappa shape index (κ1) is 67.3. The predicted octanol–water partition coefficient (Wildman–Crippen LogP) is 33.5. The van der Waals surface area contributed by atoms with Crippen LogP contribution in [0.4, 0.5) is 0 Å². The van der Waals surface area contributed by atoms with Gasteiger partial charge in [0.15, 0.2) is 0 Å². The van der Waals surface area contributed by atoms with E-state index in [9.17, 15) is 0 Å². The van der Waals surface area contributed by atoms with Gasteiger partial charge in [-0.2, -0.15) is 0 Å². The van der Waals surface area contributed by atoms with Gasteiger partial charge in [0.2, 0.25) is 0 Å². The van der Waals surface area contributed by atoms with Gasteiger partial charge in [0.05, 0.1) is 11.0 Å². The number of rotatable bonds is 9. The van der Waals surface area contributed by atoms with Gasteiger partial charge in [-0.25, -0.2) is 0 Å². The lowest BCUT2D eigenvalue weighted by atomic mass is 9.86. The number of hydrogen-bond acceptors (Lipinski definition) is 2. The molecule has 0 saturated heterocycles. The number of nitrogens with zero attached hydrogens (tertiary/aromatic N) is 1. The van der Waals surface area contributed by atoms with Crippen LogP contribution in [-0.2, 0) is 0 Å². The number of furan rings is 2. The molecule has 0 aliphatic heterocycles. The van der Waals surface area contributed by atoms with Crippen molar-refractivity contribution >= 4 is 173 Å². The monoisotopic (exact) mass is 1530 g/mol. The molecule has 23 aromatic carbocycles. The molecule has 0 atom stereocenters. The second kappa shape index (κ2) is 26.3. The van der Waals surface area contributed by atoms with Crippen molar-refractivity contribution in [2.24, 2.45) is 0 Å². The molecule has 0 radical (unpaired) electrons. The molecule has 0 fully saturated rings. The number of hydrogen-bond donors (Lipinski definition) is 0. The number of aromatic nitrogens is 1. The zero-order valence-electron chi connectivity index (χ0n) is 65.6. The van der Waals surface area contributed by atoms with Crippen LogP contribution < -0.4 is 0 Å². The van der Waals surface area contributed by atoms with Crippen molar-refractivity contribution in [3.8, 4) is 94.7 Å². The van der Waals surface area contributed by atoms with Gasteiger partial charge in [-0.3, -0.25) is 0 Å². The maximum Gasteiger partial charge on any atom is 0.143 e. The van der Waals surface area contributed by atoms with Crippen molar-refractivity contribution in [1.29, 1.82) is 0 Å². The average Bonchev–Trinajstić information content (AvgIpc) is 1.51. The fourth-order valence-corrected chi connectivity index (χ4v) is 20.8. The highest BCUT2D eigenvalue weighted by molar-refractivity contribution is 6.25. The van der Waals surface area contributed by atoms with Gasteiger partial charge in [0.1, 0.15) is 22.3 Å². The lowest BCUT2D eigenvalue weighted by Crippen LogP contribution is -1.95. The van der Waals surface area contributed by atoms with Crippen LogP contribution in [0.1, 0.15) is 0 Å². The van der Waals surface area contributed by atoms with Gasteiger partial charge in [0, 0.05) is 49.1 Å². The Morgan fingerprint density at radius 3 is 0.777 bits per heavy atom. The van der Waals surface area contributed by atoms with E-state index < -0.39 is 0 Å². The summed E-state index contributed by atoms with van der Waals surface area (Å²) >= 11 is 0. The van der Waals surface area contributed by atoms with E-state index >= 15 is 0 Å². The molecule has 26 aromatic rings.